The van der Waals surface area contributed by atoms with E-state index >= 15 is 0 Å². The molecule has 2 aromatic rings. The van der Waals surface area contributed by atoms with Gasteiger partial charge in [-0.15, -0.1) is 0 Å². The molecule has 5 rings (SSSR count). The number of hydroxylamine groups is 3. The molecular formula is C30H35N3O8. The van der Waals surface area contributed by atoms with Crippen LogP contribution in [0, 0.1) is 5.21 Å². The first-order valence-corrected chi connectivity index (χ1v) is 13.8. The van der Waals surface area contributed by atoms with Crippen LogP contribution in [0.4, 0.5) is 4.79 Å². The monoisotopic (exact) mass is 565 g/mol. The Morgan fingerprint density at radius 2 is 1.71 bits per heavy atom. The van der Waals surface area contributed by atoms with Crippen LogP contribution in [0.1, 0.15) is 57.1 Å². The number of quaternary nitrogens is 1. The van der Waals surface area contributed by atoms with Gasteiger partial charge in [0.2, 0.25) is 11.3 Å². The Morgan fingerprint density at radius 3 is 2.29 bits per heavy atom. The molecule has 0 radical (unpaired) electrons. The van der Waals surface area contributed by atoms with E-state index in [0.717, 1.165) is 22.3 Å². The van der Waals surface area contributed by atoms with E-state index in [1.807, 2.05) is 48.5 Å². The number of amides is 1. The van der Waals surface area contributed by atoms with Gasteiger partial charge in [-0.05, 0) is 43.0 Å². The Bertz CT molecular complexity index is 1340. The molecule has 2 unspecified atom stereocenters. The maximum atomic E-state index is 14.4. The lowest BCUT2D eigenvalue weighted by atomic mass is 9.84. The van der Waals surface area contributed by atoms with Crippen LogP contribution in [0.5, 0.6) is 0 Å². The van der Waals surface area contributed by atoms with Crippen molar-refractivity contribution in [1.82, 2.24) is 10.6 Å². The molecule has 0 saturated carbocycles. The maximum Gasteiger partial charge on any atom is 0.408 e. The highest BCUT2D eigenvalue weighted by Crippen LogP contribution is 2.47. The lowest BCUT2D eigenvalue weighted by Gasteiger charge is -2.59. The molecule has 0 spiro atoms. The van der Waals surface area contributed by atoms with E-state index in [2.05, 4.69) is 10.6 Å². The molecule has 1 amide bonds. The Hall–Kier alpha value is -3.80. The van der Waals surface area contributed by atoms with Gasteiger partial charge in [-0.3, -0.25) is 25.0 Å². The average molecular weight is 566 g/mol. The minimum atomic E-state index is -2.01. The standard InChI is InChI=1S/C30H35N3O8/c1-29(2,3)41-26(37)16-30-24(34)14-18(15-25(35)36)33(30,39)13-12-31-27(30)32-28(38)40-17-23-21-10-6-4-8-19(21)20-9-5-7-11-22(20)23/h4-11,18,23,27,31H,12-17H2,1-3H3,(H,32,38)(H,35,36)/t18-,27?,30+,33?/m0/s1. The predicted octanol–water partition coefficient (Wildman–Crippen LogP) is 3.06. The average Bonchev–Trinajstić information content (AvgIpc) is 3.31. The minimum Gasteiger partial charge on any atom is -0.632 e. The zero-order chi connectivity index (χ0) is 29.6. The van der Waals surface area contributed by atoms with Crippen molar-refractivity contribution in [1.29, 1.82) is 0 Å². The van der Waals surface area contributed by atoms with Crippen molar-refractivity contribution in [3.63, 3.8) is 0 Å². The molecule has 2 saturated heterocycles. The highest BCUT2D eigenvalue weighted by Gasteiger charge is 2.68. The molecule has 3 aliphatic rings. The molecule has 2 aliphatic heterocycles. The summed E-state index contributed by atoms with van der Waals surface area (Å²) in [5.41, 5.74) is 1.29. The smallest absolute Gasteiger partial charge is 0.408 e. The fourth-order valence-corrected chi connectivity index (χ4v) is 6.66. The van der Waals surface area contributed by atoms with Crippen LogP contribution in [0.3, 0.4) is 0 Å². The lowest BCUT2D eigenvalue weighted by Crippen LogP contribution is -2.80. The van der Waals surface area contributed by atoms with Gasteiger partial charge in [0, 0.05) is 12.5 Å². The number of carboxylic acid groups (broad SMARTS) is 1. The quantitative estimate of drug-likeness (QED) is 0.261. The number of carbonyl (C=O) groups is 4. The molecule has 11 nitrogen and oxygen atoms in total. The van der Waals surface area contributed by atoms with E-state index in [0.29, 0.717) is 0 Å². The summed E-state index contributed by atoms with van der Waals surface area (Å²) in [7, 11) is 0. The SMILES string of the molecule is CC(C)(C)OC(=O)C[C@]12C(=O)C[C@@H](CC(=O)O)[N+]1([O-])CCNC2NC(=O)OCC1c2ccccc2-c2ccccc21. The van der Waals surface area contributed by atoms with Gasteiger partial charge in [0.15, 0.2) is 0 Å². The van der Waals surface area contributed by atoms with E-state index in [4.69, 9.17) is 9.47 Å². The van der Waals surface area contributed by atoms with Crippen LogP contribution in [0.2, 0.25) is 0 Å². The van der Waals surface area contributed by atoms with Crippen molar-refractivity contribution in [2.24, 2.45) is 0 Å². The summed E-state index contributed by atoms with van der Waals surface area (Å²) in [4.78, 5) is 51.4. The number of carbonyl (C=O) groups excluding carboxylic acids is 3. The number of rotatable bonds is 7. The number of Topliss-reactive ketones (excluding diaryl/α,β-unsaturated/α-hetero) is 1. The number of nitrogens with one attached hydrogen (secondary N) is 2. The number of hydrogen-bond acceptors (Lipinski definition) is 8. The molecule has 2 fully saturated rings. The number of piperazine rings is 1. The number of fused-ring (bicyclic) bond motifs is 4. The zero-order valence-corrected chi connectivity index (χ0v) is 23.3. The molecule has 11 heteroatoms. The second-order valence-electron chi connectivity index (χ2n) is 11.9. The normalized spacial score (nSPS) is 27.0. The summed E-state index contributed by atoms with van der Waals surface area (Å²) in [5.74, 6) is -2.81. The fraction of sp³-hybridized carbons (Fsp3) is 0.467. The van der Waals surface area contributed by atoms with E-state index in [9.17, 15) is 29.5 Å². The molecule has 1 aliphatic carbocycles. The third kappa shape index (κ3) is 5.09. The van der Waals surface area contributed by atoms with Crippen LogP contribution in [-0.4, -0.2) is 76.6 Å². The van der Waals surface area contributed by atoms with Gasteiger partial charge in [-0.1, -0.05) is 48.5 Å². The lowest BCUT2D eigenvalue weighted by molar-refractivity contribution is -0.940. The first kappa shape index (κ1) is 28.7. The number of hydrogen-bond donors (Lipinski definition) is 3. The highest BCUT2D eigenvalue weighted by molar-refractivity contribution is 5.95. The van der Waals surface area contributed by atoms with Crippen molar-refractivity contribution in [2.75, 3.05) is 19.7 Å². The molecule has 2 heterocycles. The Balaban J connectivity index is 1.39. The summed E-state index contributed by atoms with van der Waals surface area (Å²) in [6, 6.07) is 14.7. The number of alkyl carbamates (subject to hydrolysis) is 1. The zero-order valence-electron chi connectivity index (χ0n) is 23.3. The predicted molar refractivity (Wildman–Crippen MR) is 147 cm³/mol. The molecule has 4 atom stereocenters. The fourth-order valence-electron chi connectivity index (χ4n) is 6.66. The van der Waals surface area contributed by atoms with E-state index in [1.165, 1.54) is 0 Å². The number of esters is 1. The minimum absolute atomic E-state index is 0.0125. The van der Waals surface area contributed by atoms with Gasteiger partial charge in [0.25, 0.3) is 0 Å². The topological polar surface area (TPSA) is 154 Å². The number of aliphatic carboxylic acids is 1. The van der Waals surface area contributed by atoms with E-state index in [1.54, 1.807) is 20.8 Å². The second kappa shape index (κ2) is 10.6. The van der Waals surface area contributed by atoms with Crippen molar-refractivity contribution >= 4 is 23.8 Å². The molecule has 218 valence electrons. The second-order valence-corrected chi connectivity index (χ2v) is 11.9. The van der Waals surface area contributed by atoms with E-state index < -0.39 is 64.7 Å². The molecule has 3 N–H and O–H groups in total. The maximum absolute atomic E-state index is 14.4. The Labute approximate surface area is 238 Å². The first-order chi connectivity index (χ1) is 19.4. The number of nitrogens with zero attached hydrogens (tertiary/aromatic N) is 1. The number of ketones is 1. The first-order valence-electron chi connectivity index (χ1n) is 13.8. The summed E-state index contributed by atoms with van der Waals surface area (Å²) < 4.78 is 9.88. The number of benzene rings is 2. The van der Waals surface area contributed by atoms with E-state index in [-0.39, 0.29) is 32.0 Å². The summed E-state index contributed by atoms with van der Waals surface area (Å²) in [6.07, 6.45) is -3.63. The van der Waals surface area contributed by atoms with Gasteiger partial charge in [-0.25, -0.2) is 4.79 Å². The molecule has 41 heavy (non-hydrogen) atoms. The van der Waals surface area contributed by atoms with Gasteiger partial charge in [0.05, 0.1) is 19.4 Å². The van der Waals surface area contributed by atoms with Crippen LogP contribution in [0.25, 0.3) is 11.1 Å². The third-order valence-electron chi connectivity index (χ3n) is 8.29. The van der Waals surface area contributed by atoms with Crippen molar-refractivity contribution < 1.29 is 38.4 Å². The molecule has 0 aromatic heterocycles. The largest absolute Gasteiger partial charge is 0.632 e. The summed E-state index contributed by atoms with van der Waals surface area (Å²) in [5, 5.41) is 29.5. The number of ether oxygens (including phenoxy) is 2. The van der Waals surface area contributed by atoms with Crippen LogP contribution < -0.4 is 10.6 Å². The van der Waals surface area contributed by atoms with Gasteiger partial charge < -0.3 is 24.4 Å². The van der Waals surface area contributed by atoms with Gasteiger partial charge in [0.1, 0.15) is 30.8 Å². The summed E-state index contributed by atoms with van der Waals surface area (Å²) in [6.45, 7) is 4.95. The van der Waals surface area contributed by atoms with Crippen LogP contribution in [0.15, 0.2) is 48.5 Å². The van der Waals surface area contributed by atoms with Crippen LogP contribution >= 0.6 is 0 Å². The van der Waals surface area contributed by atoms with Crippen molar-refractivity contribution in [2.45, 2.75) is 69.3 Å². The van der Waals surface area contributed by atoms with Gasteiger partial charge in [-0.2, -0.15) is 0 Å². The third-order valence-corrected chi connectivity index (χ3v) is 8.29. The van der Waals surface area contributed by atoms with Crippen molar-refractivity contribution in [3.05, 3.63) is 64.9 Å². The van der Waals surface area contributed by atoms with Crippen molar-refractivity contribution in [3.8, 4) is 11.1 Å². The van der Waals surface area contributed by atoms with Gasteiger partial charge >= 0.3 is 18.0 Å². The van der Waals surface area contributed by atoms with Crippen LogP contribution in [-0.2, 0) is 23.9 Å². The number of carboxylic acids is 1. The molecule has 0 bridgehead atoms. The molecule has 2 aromatic carbocycles. The Morgan fingerprint density at radius 1 is 1.10 bits per heavy atom. The summed E-state index contributed by atoms with van der Waals surface area (Å²) >= 11 is 0. The molecular weight excluding hydrogens is 530 g/mol. The Kier molecular flexibility index (Phi) is 7.39. The highest BCUT2D eigenvalue weighted by atomic mass is 16.6.